The summed E-state index contributed by atoms with van der Waals surface area (Å²) >= 11 is 0. The number of nitrogens with one attached hydrogen (secondary N) is 2. The molecule has 1 spiro atoms. The number of hydrogen-bond donors (Lipinski definition) is 2. The molecule has 2 N–H and O–H groups in total. The molecule has 3 aromatic rings. The van der Waals surface area contributed by atoms with Crippen LogP contribution in [0.25, 0.3) is 0 Å². The summed E-state index contributed by atoms with van der Waals surface area (Å²) in [5.41, 5.74) is 4.52. The molecule has 1 aliphatic heterocycles. The predicted molar refractivity (Wildman–Crippen MR) is 139 cm³/mol. The molecule has 1 aromatic heterocycles. The van der Waals surface area contributed by atoms with Gasteiger partial charge in [-0.25, -0.2) is 14.8 Å². The number of pyridine rings is 1. The topological polar surface area (TPSA) is 104 Å². The van der Waals surface area contributed by atoms with Crippen molar-refractivity contribution in [2.24, 2.45) is 0 Å². The predicted octanol–water partition coefficient (Wildman–Crippen LogP) is 3.31. The van der Waals surface area contributed by atoms with Crippen molar-refractivity contribution in [1.82, 2.24) is 14.9 Å². The monoisotopic (exact) mass is 498 g/mol. The molecular weight excluding hydrogens is 470 g/mol. The molecule has 0 fully saturated rings. The van der Waals surface area contributed by atoms with Gasteiger partial charge in [-0.05, 0) is 60.2 Å². The van der Waals surface area contributed by atoms with E-state index in [1.807, 2.05) is 54.6 Å². The number of benzene rings is 2. The first-order valence-electron chi connectivity index (χ1n) is 12.0. The average Bonchev–Trinajstić information content (AvgIpc) is 3.41. The Morgan fingerprint density at radius 3 is 2.70 bits per heavy atom. The molecule has 2 aliphatic rings. The second-order valence-electron chi connectivity index (χ2n) is 9.41. The Morgan fingerprint density at radius 1 is 1.14 bits per heavy atom. The zero-order valence-corrected chi connectivity index (χ0v) is 20.8. The maximum absolute atomic E-state index is 13.0. The van der Waals surface area contributed by atoms with Crippen LogP contribution in [-0.2, 0) is 39.2 Å². The van der Waals surface area contributed by atoms with Crippen molar-refractivity contribution in [2.45, 2.75) is 24.8 Å². The zero-order valence-electron chi connectivity index (χ0n) is 20.8. The number of anilines is 2. The van der Waals surface area contributed by atoms with Crippen LogP contribution < -0.4 is 10.6 Å². The molecule has 2 heterocycles. The van der Waals surface area contributed by atoms with Gasteiger partial charge in [0.2, 0.25) is 11.8 Å². The fourth-order valence-corrected chi connectivity index (χ4v) is 5.10. The minimum atomic E-state index is -0.676. The van der Waals surface area contributed by atoms with Gasteiger partial charge in [0.05, 0.1) is 12.5 Å². The molecule has 1 radical (unpaired) electrons. The fourth-order valence-electron chi connectivity index (χ4n) is 5.10. The Balaban J connectivity index is 1.31. The van der Waals surface area contributed by atoms with Crippen molar-refractivity contribution in [1.29, 1.82) is 0 Å². The third-order valence-corrected chi connectivity index (χ3v) is 7.09. The molecule has 9 heteroatoms. The Kier molecular flexibility index (Phi) is 6.39. The lowest BCUT2D eigenvalue weighted by Gasteiger charge is -2.27. The standard InChI is InChI=1S/C28H28N5O4/c1-18-7-4-5-8-20(18)16-33(27(36)32(2)37-3)17-24(34)30-22-11-10-19-14-28(15-21(19)13-22)23-9-6-12-29-25(23)31-26(28)35/h4-13H,1,14-17H2,2-3H3,(H,30,34)(H,29,31,35). The summed E-state index contributed by atoms with van der Waals surface area (Å²) in [4.78, 5) is 49.6. The molecule has 2 aromatic carbocycles. The van der Waals surface area contributed by atoms with Gasteiger partial charge in [0.15, 0.2) is 0 Å². The van der Waals surface area contributed by atoms with Crippen LogP contribution in [-0.4, -0.2) is 53.5 Å². The van der Waals surface area contributed by atoms with Gasteiger partial charge in [0.25, 0.3) is 0 Å². The second kappa shape index (κ2) is 9.67. The summed E-state index contributed by atoms with van der Waals surface area (Å²) in [7, 11) is 2.88. The van der Waals surface area contributed by atoms with E-state index in [9.17, 15) is 14.4 Å². The Morgan fingerprint density at radius 2 is 1.92 bits per heavy atom. The molecule has 9 nitrogen and oxygen atoms in total. The van der Waals surface area contributed by atoms with Crippen molar-refractivity contribution in [3.8, 4) is 0 Å². The van der Waals surface area contributed by atoms with E-state index in [4.69, 9.17) is 4.84 Å². The normalized spacial score (nSPS) is 17.2. The number of carbonyl (C=O) groups excluding carboxylic acids is 3. The fraction of sp³-hybridized carbons (Fsp3) is 0.250. The molecule has 5 rings (SSSR count). The van der Waals surface area contributed by atoms with E-state index >= 15 is 0 Å². The van der Waals surface area contributed by atoms with Crippen LogP contribution in [0.4, 0.5) is 16.3 Å². The van der Waals surface area contributed by atoms with Crippen molar-refractivity contribution < 1.29 is 19.2 Å². The lowest BCUT2D eigenvalue weighted by molar-refractivity contribution is -0.120. The highest BCUT2D eigenvalue weighted by atomic mass is 16.7. The van der Waals surface area contributed by atoms with Gasteiger partial charge in [-0.15, -0.1) is 0 Å². The Bertz CT molecular complexity index is 1390. The molecule has 1 atom stereocenters. The SMILES string of the molecule is [CH2]c1ccccc1CN(CC(=O)Nc1ccc2c(c1)CC1(C2)C(=O)Nc2ncccc21)C(=O)N(C)OC. The van der Waals surface area contributed by atoms with Crippen LogP contribution in [0.2, 0.25) is 0 Å². The van der Waals surface area contributed by atoms with E-state index in [-0.39, 0.29) is 24.9 Å². The summed E-state index contributed by atoms with van der Waals surface area (Å²) in [6.07, 6.45) is 2.78. The average molecular weight is 499 g/mol. The maximum atomic E-state index is 13.0. The molecule has 0 bridgehead atoms. The first-order chi connectivity index (χ1) is 17.8. The van der Waals surface area contributed by atoms with Crippen molar-refractivity contribution in [2.75, 3.05) is 31.3 Å². The summed E-state index contributed by atoms with van der Waals surface area (Å²) < 4.78 is 0. The molecule has 0 saturated carbocycles. The number of carbonyl (C=O) groups is 3. The number of aromatic nitrogens is 1. The zero-order chi connectivity index (χ0) is 26.2. The van der Waals surface area contributed by atoms with E-state index in [0.29, 0.717) is 24.3 Å². The first kappa shape index (κ1) is 24.5. The Labute approximate surface area is 215 Å². The smallest absolute Gasteiger partial charge is 0.325 e. The number of urea groups is 1. The van der Waals surface area contributed by atoms with E-state index in [1.165, 1.54) is 19.1 Å². The quantitative estimate of drug-likeness (QED) is 0.508. The molecule has 0 saturated heterocycles. The van der Waals surface area contributed by atoms with Crippen LogP contribution in [0.5, 0.6) is 0 Å². The van der Waals surface area contributed by atoms with Gasteiger partial charge >= 0.3 is 6.03 Å². The van der Waals surface area contributed by atoms with E-state index in [2.05, 4.69) is 22.5 Å². The minimum Gasteiger partial charge on any atom is -0.325 e. The number of amides is 4. The van der Waals surface area contributed by atoms with E-state index < -0.39 is 11.4 Å². The van der Waals surface area contributed by atoms with E-state index in [0.717, 1.165) is 32.9 Å². The molecular formula is C28H28N5O4. The van der Waals surface area contributed by atoms with Crippen LogP contribution >= 0.6 is 0 Å². The van der Waals surface area contributed by atoms with Crippen LogP contribution in [0, 0.1) is 6.92 Å². The van der Waals surface area contributed by atoms with E-state index in [1.54, 1.807) is 6.20 Å². The van der Waals surface area contributed by atoms with Gasteiger partial charge < -0.3 is 15.5 Å². The third kappa shape index (κ3) is 4.53. The maximum Gasteiger partial charge on any atom is 0.344 e. The second-order valence-corrected chi connectivity index (χ2v) is 9.41. The molecule has 189 valence electrons. The molecule has 37 heavy (non-hydrogen) atoms. The number of nitrogens with zero attached hydrogens (tertiary/aromatic N) is 3. The van der Waals surface area contributed by atoms with Crippen LogP contribution in [0.1, 0.15) is 27.8 Å². The summed E-state index contributed by atoms with van der Waals surface area (Å²) in [5, 5.41) is 6.89. The first-order valence-corrected chi connectivity index (χ1v) is 12.0. The lowest BCUT2D eigenvalue weighted by Crippen LogP contribution is -2.44. The minimum absolute atomic E-state index is 0.0508. The largest absolute Gasteiger partial charge is 0.344 e. The van der Waals surface area contributed by atoms with Gasteiger partial charge in [-0.3, -0.25) is 14.4 Å². The highest BCUT2D eigenvalue weighted by Gasteiger charge is 2.51. The number of hydroxylamine groups is 2. The highest BCUT2D eigenvalue weighted by Crippen LogP contribution is 2.46. The Hall–Kier alpha value is -4.24. The summed E-state index contributed by atoms with van der Waals surface area (Å²) in [6.45, 7) is 4.04. The third-order valence-electron chi connectivity index (χ3n) is 7.09. The lowest BCUT2D eigenvalue weighted by atomic mass is 9.79. The van der Waals surface area contributed by atoms with Gasteiger partial charge in [-0.2, -0.15) is 0 Å². The summed E-state index contributed by atoms with van der Waals surface area (Å²) in [6, 6.07) is 16.5. The molecule has 4 amide bonds. The van der Waals surface area contributed by atoms with Crippen LogP contribution in [0.3, 0.4) is 0 Å². The number of fused-ring (bicyclic) bond motifs is 3. The van der Waals surface area contributed by atoms with Gasteiger partial charge in [0, 0.05) is 31.0 Å². The van der Waals surface area contributed by atoms with Gasteiger partial charge in [-0.1, -0.05) is 36.4 Å². The molecule has 1 aliphatic carbocycles. The number of hydrogen-bond acceptors (Lipinski definition) is 5. The van der Waals surface area contributed by atoms with Crippen molar-refractivity contribution in [3.05, 3.63) is 95.5 Å². The number of rotatable bonds is 6. The van der Waals surface area contributed by atoms with Crippen molar-refractivity contribution in [3.63, 3.8) is 0 Å². The van der Waals surface area contributed by atoms with Crippen LogP contribution in [0.15, 0.2) is 60.8 Å². The highest BCUT2D eigenvalue weighted by molar-refractivity contribution is 6.06. The van der Waals surface area contributed by atoms with Gasteiger partial charge in [0.1, 0.15) is 12.4 Å². The molecule has 1 unspecified atom stereocenters. The summed E-state index contributed by atoms with van der Waals surface area (Å²) in [5.74, 6) is 0.216. The van der Waals surface area contributed by atoms with Crippen molar-refractivity contribution >= 4 is 29.4 Å².